The molecular formula is C12H11ClFNO4. The van der Waals surface area contributed by atoms with Gasteiger partial charge in [0, 0.05) is 11.6 Å². The van der Waals surface area contributed by atoms with Gasteiger partial charge in [-0.25, -0.2) is 9.18 Å². The van der Waals surface area contributed by atoms with E-state index in [0.717, 1.165) is 6.08 Å². The van der Waals surface area contributed by atoms with E-state index in [0.29, 0.717) is 0 Å². The molecule has 0 aliphatic carbocycles. The van der Waals surface area contributed by atoms with E-state index in [4.69, 9.17) is 21.8 Å². The highest BCUT2D eigenvalue weighted by molar-refractivity contribution is 6.32. The molecule has 0 fully saturated rings. The molecule has 0 aliphatic heterocycles. The molecule has 1 aromatic carbocycles. The van der Waals surface area contributed by atoms with Gasteiger partial charge in [-0.05, 0) is 18.2 Å². The minimum atomic E-state index is -1.69. The van der Waals surface area contributed by atoms with Crippen LogP contribution in [0.1, 0.15) is 5.56 Å². The van der Waals surface area contributed by atoms with Crippen LogP contribution < -0.4 is 5.32 Å². The molecule has 5 nitrogen and oxygen atoms in total. The lowest BCUT2D eigenvalue weighted by Gasteiger charge is -2.05. The zero-order valence-corrected chi connectivity index (χ0v) is 10.4. The monoisotopic (exact) mass is 287 g/mol. The molecule has 0 bridgehead atoms. The maximum absolute atomic E-state index is 13.3. The molecule has 102 valence electrons. The van der Waals surface area contributed by atoms with Gasteiger partial charge >= 0.3 is 5.97 Å². The number of aliphatic hydroxyl groups is 1. The Morgan fingerprint density at radius 2 is 2.16 bits per heavy atom. The molecule has 1 aromatic rings. The third-order valence-corrected chi connectivity index (χ3v) is 2.49. The van der Waals surface area contributed by atoms with Crippen molar-refractivity contribution in [2.24, 2.45) is 0 Å². The average molecular weight is 288 g/mol. The number of benzene rings is 1. The van der Waals surface area contributed by atoms with E-state index >= 15 is 0 Å². The summed E-state index contributed by atoms with van der Waals surface area (Å²) in [6, 6.07) is 4.09. The third-order valence-electron chi connectivity index (χ3n) is 2.16. The zero-order chi connectivity index (χ0) is 14.4. The van der Waals surface area contributed by atoms with Gasteiger partial charge < -0.3 is 15.5 Å². The number of amides is 1. The van der Waals surface area contributed by atoms with Crippen LogP contribution >= 0.6 is 11.6 Å². The molecule has 3 N–H and O–H groups in total. The Labute approximate surface area is 113 Å². The van der Waals surface area contributed by atoms with Crippen molar-refractivity contribution in [3.05, 3.63) is 40.7 Å². The van der Waals surface area contributed by atoms with Crippen molar-refractivity contribution in [2.75, 3.05) is 6.54 Å². The predicted octanol–water partition coefficient (Wildman–Crippen LogP) is 1.05. The first-order chi connectivity index (χ1) is 8.91. The molecule has 0 saturated carbocycles. The second kappa shape index (κ2) is 6.86. The van der Waals surface area contributed by atoms with E-state index in [2.05, 4.69) is 5.32 Å². The Morgan fingerprint density at radius 3 is 2.74 bits per heavy atom. The average Bonchev–Trinajstić information content (AvgIpc) is 2.35. The summed E-state index contributed by atoms with van der Waals surface area (Å²) < 4.78 is 13.3. The van der Waals surface area contributed by atoms with Gasteiger partial charge in [-0.15, -0.1) is 0 Å². The number of hydrogen-bond donors (Lipinski definition) is 3. The molecule has 0 saturated heterocycles. The maximum Gasteiger partial charge on any atom is 0.334 e. The van der Waals surface area contributed by atoms with Crippen molar-refractivity contribution in [1.82, 2.24) is 5.32 Å². The Bertz CT molecular complexity index is 498. The van der Waals surface area contributed by atoms with Gasteiger partial charge in [0.2, 0.25) is 5.91 Å². The Morgan fingerprint density at radius 1 is 1.47 bits per heavy atom. The molecule has 0 aliphatic rings. The number of nitrogens with one attached hydrogen (secondary N) is 1. The number of aliphatic carboxylic acids is 1. The van der Waals surface area contributed by atoms with Gasteiger partial charge in [0.15, 0.2) is 6.10 Å². The summed E-state index contributed by atoms with van der Waals surface area (Å²) in [5.41, 5.74) is 0.0538. The first-order valence-electron chi connectivity index (χ1n) is 5.22. The normalized spacial score (nSPS) is 12.4. The molecule has 1 amide bonds. The fourth-order valence-electron chi connectivity index (χ4n) is 1.17. The Kier molecular flexibility index (Phi) is 5.47. The summed E-state index contributed by atoms with van der Waals surface area (Å²) in [6.45, 7) is -0.441. The molecule has 1 unspecified atom stereocenters. The van der Waals surface area contributed by atoms with E-state index in [1.165, 1.54) is 24.3 Å². The van der Waals surface area contributed by atoms with Gasteiger partial charge in [0.25, 0.3) is 0 Å². The van der Waals surface area contributed by atoms with Crippen molar-refractivity contribution in [3.63, 3.8) is 0 Å². The number of rotatable bonds is 5. The van der Waals surface area contributed by atoms with Crippen LogP contribution in [0, 0.1) is 5.82 Å². The summed E-state index contributed by atoms with van der Waals surface area (Å²) in [6.07, 6.45) is 0.480. The molecule has 19 heavy (non-hydrogen) atoms. The Hall–Kier alpha value is -1.92. The lowest BCUT2D eigenvalue weighted by atomic mass is 10.2. The molecule has 0 radical (unpaired) electrons. The van der Waals surface area contributed by atoms with Crippen LogP contribution in [0.15, 0.2) is 24.3 Å². The van der Waals surface area contributed by atoms with Crippen molar-refractivity contribution in [2.45, 2.75) is 6.10 Å². The van der Waals surface area contributed by atoms with Crippen molar-refractivity contribution >= 4 is 29.6 Å². The Balaban J connectivity index is 2.62. The first kappa shape index (κ1) is 15.1. The molecule has 1 rings (SSSR count). The second-order valence-corrected chi connectivity index (χ2v) is 3.98. The number of carbonyl (C=O) groups is 2. The van der Waals surface area contributed by atoms with Gasteiger partial charge in [-0.1, -0.05) is 17.7 Å². The minimum absolute atomic E-state index is 0.0538. The summed E-state index contributed by atoms with van der Waals surface area (Å²) in [4.78, 5) is 21.6. The van der Waals surface area contributed by atoms with Crippen LogP contribution in [0.25, 0.3) is 6.08 Å². The summed E-state index contributed by atoms with van der Waals surface area (Å²) >= 11 is 5.74. The first-order valence-corrected chi connectivity index (χ1v) is 5.60. The molecule has 1 atom stereocenters. The van der Waals surface area contributed by atoms with E-state index < -0.39 is 30.3 Å². The van der Waals surface area contributed by atoms with Crippen molar-refractivity contribution < 1.29 is 24.2 Å². The van der Waals surface area contributed by atoms with Gasteiger partial charge in [-0.3, -0.25) is 4.79 Å². The van der Waals surface area contributed by atoms with Crippen LogP contribution in [0.3, 0.4) is 0 Å². The zero-order valence-electron chi connectivity index (χ0n) is 9.64. The highest BCUT2D eigenvalue weighted by atomic mass is 35.5. The molecule has 7 heteroatoms. The maximum atomic E-state index is 13.3. The largest absolute Gasteiger partial charge is 0.479 e. The van der Waals surface area contributed by atoms with Crippen LogP contribution in [0.5, 0.6) is 0 Å². The fourth-order valence-corrected chi connectivity index (χ4v) is 1.40. The van der Waals surface area contributed by atoms with E-state index in [-0.39, 0.29) is 10.6 Å². The number of carboxylic acids is 1. The highest BCUT2D eigenvalue weighted by Gasteiger charge is 2.13. The number of hydrogen-bond acceptors (Lipinski definition) is 3. The van der Waals surface area contributed by atoms with E-state index in [1.807, 2.05) is 0 Å². The standard InChI is InChI=1S/C12H11ClFNO4/c13-8-2-1-3-9(14)7(8)4-5-11(17)15-6-10(16)12(18)19/h1-5,10,16H,6H2,(H,15,17)(H,18,19). The molecule has 0 heterocycles. The van der Waals surface area contributed by atoms with Gasteiger partial charge in [-0.2, -0.15) is 0 Å². The number of carbonyl (C=O) groups excluding carboxylic acids is 1. The van der Waals surface area contributed by atoms with Crippen LogP contribution in [0.2, 0.25) is 5.02 Å². The second-order valence-electron chi connectivity index (χ2n) is 3.57. The quantitative estimate of drug-likeness (QED) is 0.707. The highest BCUT2D eigenvalue weighted by Crippen LogP contribution is 2.20. The van der Waals surface area contributed by atoms with E-state index in [1.54, 1.807) is 0 Å². The van der Waals surface area contributed by atoms with Gasteiger partial charge in [0.1, 0.15) is 5.82 Å². The summed E-state index contributed by atoms with van der Waals surface area (Å²) in [5.74, 6) is -2.69. The summed E-state index contributed by atoms with van der Waals surface area (Å²) in [7, 11) is 0. The number of halogens is 2. The molecular weight excluding hydrogens is 277 g/mol. The lowest BCUT2D eigenvalue weighted by Crippen LogP contribution is -2.35. The number of carboxylic acid groups (broad SMARTS) is 1. The molecule has 0 aromatic heterocycles. The minimum Gasteiger partial charge on any atom is -0.479 e. The van der Waals surface area contributed by atoms with Gasteiger partial charge in [0.05, 0.1) is 11.6 Å². The van der Waals surface area contributed by atoms with Crippen molar-refractivity contribution in [1.29, 1.82) is 0 Å². The lowest BCUT2D eigenvalue weighted by molar-refractivity contribution is -0.146. The third kappa shape index (κ3) is 4.69. The number of aliphatic hydroxyl groups excluding tert-OH is 1. The SMILES string of the molecule is O=C(C=Cc1c(F)cccc1Cl)NCC(O)C(=O)O. The fraction of sp³-hybridized carbons (Fsp3) is 0.167. The van der Waals surface area contributed by atoms with Crippen molar-refractivity contribution in [3.8, 4) is 0 Å². The predicted molar refractivity (Wildman–Crippen MR) is 67.1 cm³/mol. The molecule has 0 spiro atoms. The van der Waals surface area contributed by atoms with Crippen LogP contribution in [-0.4, -0.2) is 34.7 Å². The topological polar surface area (TPSA) is 86.6 Å². The van der Waals surface area contributed by atoms with Crippen LogP contribution in [-0.2, 0) is 9.59 Å². The summed E-state index contributed by atoms with van der Waals surface area (Å²) in [5, 5.41) is 19.6. The smallest absolute Gasteiger partial charge is 0.334 e. The van der Waals surface area contributed by atoms with E-state index in [9.17, 15) is 14.0 Å². The van der Waals surface area contributed by atoms with Crippen LogP contribution in [0.4, 0.5) is 4.39 Å².